The molecule has 0 aliphatic heterocycles. The van der Waals surface area contributed by atoms with Crippen LogP contribution in [-0.2, 0) is 0 Å². The van der Waals surface area contributed by atoms with Crippen LogP contribution in [0, 0.1) is 0 Å². The highest BCUT2D eigenvalue weighted by atomic mass is 32.1. The SMILES string of the molecule is CN=c1scc(-c2ccccc2OC)n1N=Cc1cccs1. The van der Waals surface area contributed by atoms with Gasteiger partial charge in [0.1, 0.15) is 5.75 Å². The Morgan fingerprint density at radius 1 is 1.14 bits per heavy atom. The van der Waals surface area contributed by atoms with Gasteiger partial charge < -0.3 is 4.74 Å². The molecule has 0 aliphatic carbocycles. The van der Waals surface area contributed by atoms with Crippen molar-refractivity contribution in [3.8, 4) is 17.0 Å². The summed E-state index contributed by atoms with van der Waals surface area (Å²) in [5.74, 6) is 0.822. The van der Waals surface area contributed by atoms with E-state index in [2.05, 4.69) is 10.1 Å². The average Bonchev–Trinajstić information content (AvgIpc) is 3.21. The van der Waals surface area contributed by atoms with Crippen LogP contribution in [0.2, 0.25) is 0 Å². The lowest BCUT2D eigenvalue weighted by Crippen LogP contribution is -2.11. The number of aromatic nitrogens is 1. The van der Waals surface area contributed by atoms with Gasteiger partial charge in [-0.05, 0) is 23.6 Å². The molecular formula is C16H15N3OS2. The van der Waals surface area contributed by atoms with Gasteiger partial charge in [-0.15, -0.1) is 22.7 Å². The van der Waals surface area contributed by atoms with Crippen molar-refractivity contribution in [3.63, 3.8) is 0 Å². The van der Waals surface area contributed by atoms with E-state index >= 15 is 0 Å². The second-order valence-corrected chi connectivity index (χ2v) is 6.22. The van der Waals surface area contributed by atoms with Crippen LogP contribution in [0.25, 0.3) is 11.3 Å². The number of benzene rings is 1. The first-order valence-electron chi connectivity index (χ1n) is 6.68. The summed E-state index contributed by atoms with van der Waals surface area (Å²) in [6.45, 7) is 0. The second-order valence-electron chi connectivity index (χ2n) is 4.40. The van der Waals surface area contributed by atoms with Gasteiger partial charge >= 0.3 is 0 Å². The third-order valence-electron chi connectivity index (χ3n) is 3.10. The fourth-order valence-electron chi connectivity index (χ4n) is 2.08. The molecule has 0 radical (unpaired) electrons. The highest BCUT2D eigenvalue weighted by Gasteiger charge is 2.11. The van der Waals surface area contributed by atoms with Gasteiger partial charge in [0, 0.05) is 22.9 Å². The topological polar surface area (TPSA) is 38.9 Å². The van der Waals surface area contributed by atoms with E-state index in [-0.39, 0.29) is 0 Å². The molecule has 0 saturated carbocycles. The summed E-state index contributed by atoms with van der Waals surface area (Å²) in [4.78, 5) is 6.25. The van der Waals surface area contributed by atoms with E-state index in [0.717, 1.165) is 26.7 Å². The van der Waals surface area contributed by atoms with E-state index in [0.29, 0.717) is 0 Å². The fraction of sp³-hybridized carbons (Fsp3) is 0.125. The first-order valence-corrected chi connectivity index (χ1v) is 8.44. The standard InChI is InChI=1S/C16H15N3OS2/c1-17-16-19(18-10-12-6-5-9-21-12)14(11-22-16)13-7-3-4-8-15(13)20-2/h3-11H,1-2H3. The molecule has 6 heteroatoms. The van der Waals surface area contributed by atoms with Crippen molar-refractivity contribution >= 4 is 28.9 Å². The molecule has 0 fully saturated rings. The predicted molar refractivity (Wildman–Crippen MR) is 93.1 cm³/mol. The lowest BCUT2D eigenvalue weighted by molar-refractivity contribution is 0.416. The van der Waals surface area contributed by atoms with Crippen molar-refractivity contribution in [3.05, 3.63) is 56.8 Å². The first kappa shape index (κ1) is 14.7. The summed E-state index contributed by atoms with van der Waals surface area (Å²) < 4.78 is 7.31. The van der Waals surface area contributed by atoms with Crippen molar-refractivity contribution in [1.82, 2.24) is 4.68 Å². The Morgan fingerprint density at radius 3 is 2.73 bits per heavy atom. The van der Waals surface area contributed by atoms with E-state index in [9.17, 15) is 0 Å². The lowest BCUT2D eigenvalue weighted by Gasteiger charge is -2.08. The van der Waals surface area contributed by atoms with Crippen LogP contribution < -0.4 is 9.54 Å². The minimum Gasteiger partial charge on any atom is -0.496 e. The molecule has 4 nitrogen and oxygen atoms in total. The molecule has 3 rings (SSSR count). The highest BCUT2D eigenvalue weighted by Crippen LogP contribution is 2.29. The van der Waals surface area contributed by atoms with Crippen LogP contribution in [0.1, 0.15) is 4.88 Å². The van der Waals surface area contributed by atoms with Crippen molar-refractivity contribution in [2.75, 3.05) is 14.2 Å². The molecule has 0 bridgehead atoms. The Kier molecular flexibility index (Phi) is 4.50. The molecule has 1 aromatic carbocycles. The van der Waals surface area contributed by atoms with E-state index in [4.69, 9.17) is 4.74 Å². The number of rotatable bonds is 4. The molecule has 2 heterocycles. The molecule has 22 heavy (non-hydrogen) atoms. The normalized spacial score (nSPS) is 12.2. The van der Waals surface area contributed by atoms with Gasteiger partial charge in [-0.25, -0.2) is 4.68 Å². The largest absolute Gasteiger partial charge is 0.496 e. The number of methoxy groups -OCH3 is 1. The summed E-state index contributed by atoms with van der Waals surface area (Å²) in [6.07, 6.45) is 1.85. The van der Waals surface area contributed by atoms with Crippen molar-refractivity contribution in [2.45, 2.75) is 0 Å². The Labute approximate surface area is 136 Å². The summed E-state index contributed by atoms with van der Waals surface area (Å²) in [7, 11) is 3.45. The Hall–Kier alpha value is -2.18. The Morgan fingerprint density at radius 2 is 2.00 bits per heavy atom. The van der Waals surface area contributed by atoms with E-state index in [1.807, 2.05) is 58.0 Å². The summed E-state index contributed by atoms with van der Waals surface area (Å²) in [5, 5.41) is 8.68. The van der Waals surface area contributed by atoms with Gasteiger partial charge in [-0.3, -0.25) is 4.99 Å². The first-order chi connectivity index (χ1) is 10.8. The molecule has 0 saturated heterocycles. The number of hydrogen-bond acceptors (Lipinski definition) is 5. The van der Waals surface area contributed by atoms with Crippen LogP contribution in [0.4, 0.5) is 0 Å². The van der Waals surface area contributed by atoms with Gasteiger partial charge in [0.05, 0.1) is 19.0 Å². The summed E-state index contributed by atoms with van der Waals surface area (Å²) in [6, 6.07) is 12.0. The zero-order chi connectivity index (χ0) is 15.4. The zero-order valence-corrected chi connectivity index (χ0v) is 13.9. The number of para-hydroxylation sites is 1. The van der Waals surface area contributed by atoms with E-state index in [1.54, 1.807) is 36.8 Å². The predicted octanol–water partition coefficient (Wildman–Crippen LogP) is 3.70. The van der Waals surface area contributed by atoms with Crippen LogP contribution in [0.5, 0.6) is 5.75 Å². The molecule has 112 valence electrons. The Bertz CT molecular complexity index is 844. The van der Waals surface area contributed by atoms with Gasteiger partial charge in [0.25, 0.3) is 0 Å². The maximum Gasteiger partial charge on any atom is 0.205 e. The summed E-state index contributed by atoms with van der Waals surface area (Å²) in [5.41, 5.74) is 1.97. The molecule has 2 aromatic heterocycles. The minimum absolute atomic E-state index is 0.822. The molecule has 0 amide bonds. The Balaban J connectivity index is 2.12. The maximum atomic E-state index is 5.46. The third kappa shape index (κ3) is 2.88. The molecule has 0 atom stereocenters. The van der Waals surface area contributed by atoms with Crippen LogP contribution in [0.3, 0.4) is 0 Å². The lowest BCUT2D eigenvalue weighted by atomic mass is 10.1. The highest BCUT2D eigenvalue weighted by molar-refractivity contribution is 7.11. The number of thiophene rings is 1. The zero-order valence-electron chi connectivity index (χ0n) is 12.3. The molecule has 0 N–H and O–H groups in total. The van der Waals surface area contributed by atoms with Crippen LogP contribution in [0.15, 0.2) is 57.3 Å². The van der Waals surface area contributed by atoms with Crippen molar-refractivity contribution in [2.24, 2.45) is 10.1 Å². The quantitative estimate of drug-likeness (QED) is 0.673. The average molecular weight is 329 g/mol. The van der Waals surface area contributed by atoms with E-state index in [1.165, 1.54) is 0 Å². The molecule has 0 unspecified atom stereocenters. The number of thiazole rings is 1. The molecule has 3 aromatic rings. The number of nitrogens with zero attached hydrogens (tertiary/aromatic N) is 3. The van der Waals surface area contributed by atoms with Gasteiger partial charge in [0.2, 0.25) is 4.80 Å². The number of hydrogen-bond donors (Lipinski definition) is 0. The van der Waals surface area contributed by atoms with Crippen LogP contribution in [-0.4, -0.2) is 25.0 Å². The van der Waals surface area contributed by atoms with Crippen molar-refractivity contribution < 1.29 is 4.74 Å². The molecule has 0 spiro atoms. The molecule has 0 aliphatic rings. The maximum absolute atomic E-state index is 5.46. The van der Waals surface area contributed by atoms with Gasteiger partial charge in [-0.2, -0.15) is 5.10 Å². The fourth-order valence-corrected chi connectivity index (χ4v) is 3.46. The van der Waals surface area contributed by atoms with E-state index < -0.39 is 0 Å². The van der Waals surface area contributed by atoms with Gasteiger partial charge in [0.15, 0.2) is 0 Å². The summed E-state index contributed by atoms with van der Waals surface area (Å²) >= 11 is 3.21. The second kappa shape index (κ2) is 6.72. The number of ether oxygens (including phenoxy) is 1. The van der Waals surface area contributed by atoms with Crippen LogP contribution >= 0.6 is 22.7 Å². The van der Waals surface area contributed by atoms with Gasteiger partial charge in [-0.1, -0.05) is 18.2 Å². The third-order valence-corrected chi connectivity index (χ3v) is 4.82. The monoisotopic (exact) mass is 329 g/mol. The van der Waals surface area contributed by atoms with Crippen molar-refractivity contribution in [1.29, 1.82) is 0 Å². The minimum atomic E-state index is 0.822. The smallest absolute Gasteiger partial charge is 0.205 e. The molecular weight excluding hydrogens is 314 g/mol.